The molecule has 114 valence electrons. The number of hydrogen-bond donors (Lipinski definition) is 0. The largest absolute Gasteiger partial charge is 0.374 e. The zero-order chi connectivity index (χ0) is 15.1. The van der Waals surface area contributed by atoms with Crippen LogP contribution in [-0.4, -0.2) is 18.0 Å². The van der Waals surface area contributed by atoms with Crippen LogP contribution >= 0.6 is 0 Å². The summed E-state index contributed by atoms with van der Waals surface area (Å²) in [4.78, 5) is 12.5. The summed E-state index contributed by atoms with van der Waals surface area (Å²) in [6.45, 7) is 1.97. The van der Waals surface area contributed by atoms with Crippen molar-refractivity contribution >= 4 is 16.6 Å². The average Bonchev–Trinajstić information content (AvgIpc) is 2.95. The van der Waals surface area contributed by atoms with Gasteiger partial charge in [0.25, 0.3) is 0 Å². The van der Waals surface area contributed by atoms with Gasteiger partial charge in [-0.15, -0.1) is 0 Å². The summed E-state index contributed by atoms with van der Waals surface area (Å²) in [7, 11) is 0. The van der Waals surface area contributed by atoms with Gasteiger partial charge < -0.3 is 4.74 Å². The van der Waals surface area contributed by atoms with Gasteiger partial charge in [0.05, 0.1) is 18.1 Å². The zero-order valence-corrected chi connectivity index (χ0v) is 13.0. The van der Waals surface area contributed by atoms with Crippen molar-refractivity contribution in [3.8, 4) is 0 Å². The van der Waals surface area contributed by atoms with Gasteiger partial charge in [-0.05, 0) is 41.5 Å². The smallest absolute Gasteiger partial charge is 0.138 e. The molecule has 0 spiro atoms. The Balaban J connectivity index is 1.75. The topological polar surface area (TPSA) is 26.3 Å². The molecule has 2 heterocycles. The third kappa shape index (κ3) is 2.26. The summed E-state index contributed by atoms with van der Waals surface area (Å²) in [6, 6.07) is 15.1. The predicted molar refractivity (Wildman–Crippen MR) is 88.0 cm³/mol. The summed E-state index contributed by atoms with van der Waals surface area (Å²) >= 11 is 0. The summed E-state index contributed by atoms with van der Waals surface area (Å²) in [5.74, 6) is 0.733. The predicted octanol–water partition coefficient (Wildman–Crippen LogP) is 4.47. The van der Waals surface area contributed by atoms with Crippen molar-refractivity contribution in [3.05, 3.63) is 48.0 Å². The van der Waals surface area contributed by atoms with E-state index in [0.29, 0.717) is 24.2 Å². The third-order valence-electron chi connectivity index (χ3n) is 5.41. The minimum absolute atomic E-state index is 0.0462. The molecule has 0 amide bonds. The van der Waals surface area contributed by atoms with Gasteiger partial charge in [-0.1, -0.05) is 49.4 Å². The molecular formula is C20H22O2. The van der Waals surface area contributed by atoms with E-state index >= 15 is 0 Å². The molecule has 2 saturated heterocycles. The maximum absolute atomic E-state index is 12.5. The highest BCUT2D eigenvalue weighted by Gasteiger charge is 2.46. The molecule has 2 bridgehead atoms. The Hall–Kier alpha value is -1.67. The van der Waals surface area contributed by atoms with Gasteiger partial charge in [0.15, 0.2) is 0 Å². The van der Waals surface area contributed by atoms with Crippen LogP contribution in [0.15, 0.2) is 42.5 Å². The number of fused-ring (bicyclic) bond motifs is 3. The van der Waals surface area contributed by atoms with E-state index in [0.717, 1.165) is 19.3 Å². The second-order valence-corrected chi connectivity index (χ2v) is 6.67. The van der Waals surface area contributed by atoms with Crippen molar-refractivity contribution < 1.29 is 9.53 Å². The summed E-state index contributed by atoms with van der Waals surface area (Å²) in [5.41, 5.74) is 1.31. The lowest BCUT2D eigenvalue weighted by Crippen LogP contribution is -2.38. The normalized spacial score (nSPS) is 30.6. The van der Waals surface area contributed by atoms with Crippen LogP contribution < -0.4 is 0 Å². The zero-order valence-electron chi connectivity index (χ0n) is 13.0. The van der Waals surface area contributed by atoms with E-state index in [1.165, 1.54) is 16.3 Å². The first-order valence-corrected chi connectivity index (χ1v) is 8.43. The van der Waals surface area contributed by atoms with Gasteiger partial charge in [0, 0.05) is 6.42 Å². The van der Waals surface area contributed by atoms with Gasteiger partial charge in [0.1, 0.15) is 5.78 Å². The lowest BCUT2D eigenvalue weighted by atomic mass is 9.76. The van der Waals surface area contributed by atoms with E-state index in [4.69, 9.17) is 4.74 Å². The number of ether oxygens (including phenoxy) is 1. The fourth-order valence-corrected chi connectivity index (χ4v) is 4.31. The summed E-state index contributed by atoms with van der Waals surface area (Å²) < 4.78 is 6.05. The molecule has 2 aliphatic heterocycles. The van der Waals surface area contributed by atoms with Gasteiger partial charge >= 0.3 is 0 Å². The number of carbonyl (C=O) groups excluding carboxylic acids is 1. The fourth-order valence-electron chi connectivity index (χ4n) is 4.31. The molecule has 4 rings (SSSR count). The van der Waals surface area contributed by atoms with Gasteiger partial charge in [-0.2, -0.15) is 0 Å². The van der Waals surface area contributed by atoms with Crippen LogP contribution in [0, 0.1) is 5.92 Å². The monoisotopic (exact) mass is 294 g/mol. The first-order valence-electron chi connectivity index (χ1n) is 8.43. The quantitative estimate of drug-likeness (QED) is 0.835. The lowest BCUT2D eigenvalue weighted by molar-refractivity contribution is -0.133. The number of benzene rings is 2. The highest BCUT2D eigenvalue weighted by Crippen LogP contribution is 2.46. The maximum Gasteiger partial charge on any atom is 0.138 e. The van der Waals surface area contributed by atoms with Crippen molar-refractivity contribution in [2.75, 3.05) is 0 Å². The van der Waals surface area contributed by atoms with Gasteiger partial charge in [-0.25, -0.2) is 0 Å². The highest BCUT2D eigenvalue weighted by atomic mass is 16.5. The van der Waals surface area contributed by atoms with E-state index in [1.54, 1.807) is 0 Å². The van der Waals surface area contributed by atoms with Gasteiger partial charge in [0.2, 0.25) is 0 Å². The van der Waals surface area contributed by atoms with E-state index in [2.05, 4.69) is 42.5 Å². The number of rotatable bonds is 3. The molecule has 22 heavy (non-hydrogen) atoms. The van der Waals surface area contributed by atoms with Crippen LogP contribution in [0.4, 0.5) is 0 Å². The molecule has 2 fully saturated rings. The van der Waals surface area contributed by atoms with E-state index in [1.807, 2.05) is 6.92 Å². The Morgan fingerprint density at radius 3 is 2.77 bits per heavy atom. The fraction of sp³-hybridized carbons (Fsp3) is 0.450. The Bertz CT molecular complexity index is 706. The molecule has 0 saturated carbocycles. The number of carbonyl (C=O) groups is 1. The summed E-state index contributed by atoms with van der Waals surface area (Å²) in [6.07, 6.45) is 4.25. The molecule has 4 atom stereocenters. The Labute approximate surface area is 131 Å². The first kappa shape index (κ1) is 14.0. The van der Waals surface area contributed by atoms with Crippen molar-refractivity contribution in [2.24, 2.45) is 5.92 Å². The number of hydrogen-bond acceptors (Lipinski definition) is 2. The van der Waals surface area contributed by atoms with Crippen LogP contribution in [0.1, 0.15) is 44.1 Å². The second-order valence-electron chi connectivity index (χ2n) is 6.67. The lowest BCUT2D eigenvalue weighted by Gasteiger charge is -2.36. The van der Waals surface area contributed by atoms with Crippen LogP contribution in [0.5, 0.6) is 0 Å². The summed E-state index contributed by atoms with van der Waals surface area (Å²) in [5, 5.41) is 2.53. The average molecular weight is 294 g/mol. The molecule has 2 heteroatoms. The Morgan fingerprint density at radius 1 is 1.14 bits per heavy atom. The molecule has 0 N–H and O–H groups in total. The molecular weight excluding hydrogens is 272 g/mol. The van der Waals surface area contributed by atoms with E-state index < -0.39 is 0 Å². The van der Waals surface area contributed by atoms with Crippen LogP contribution in [-0.2, 0) is 9.53 Å². The SMILES string of the molecule is CCC(=O)C1C2CCC(CC1c1ccc3ccccc3c1)O2. The molecule has 0 aliphatic carbocycles. The van der Waals surface area contributed by atoms with Crippen molar-refractivity contribution in [1.82, 2.24) is 0 Å². The molecule has 2 aromatic rings. The van der Waals surface area contributed by atoms with Crippen molar-refractivity contribution in [1.29, 1.82) is 0 Å². The van der Waals surface area contributed by atoms with E-state index in [-0.39, 0.29) is 12.0 Å². The van der Waals surface area contributed by atoms with Crippen LogP contribution in [0.25, 0.3) is 10.8 Å². The van der Waals surface area contributed by atoms with Crippen molar-refractivity contribution in [2.45, 2.75) is 50.7 Å². The standard InChI is InChI=1S/C20H22O2/c1-2-18(21)20-17(12-16-9-10-19(20)22-16)15-8-7-13-5-3-4-6-14(13)11-15/h3-8,11,16-17,19-20H,2,9-10,12H2,1H3. The van der Waals surface area contributed by atoms with E-state index in [9.17, 15) is 4.79 Å². The van der Waals surface area contributed by atoms with Crippen LogP contribution in [0.2, 0.25) is 0 Å². The van der Waals surface area contributed by atoms with Crippen LogP contribution in [0.3, 0.4) is 0 Å². The van der Waals surface area contributed by atoms with Crippen molar-refractivity contribution in [3.63, 3.8) is 0 Å². The Kier molecular flexibility index (Phi) is 3.50. The number of ketones is 1. The molecule has 0 radical (unpaired) electrons. The third-order valence-corrected chi connectivity index (χ3v) is 5.41. The number of Topliss-reactive ketones (excluding diaryl/α,β-unsaturated/α-hetero) is 1. The highest BCUT2D eigenvalue weighted by molar-refractivity contribution is 5.85. The first-order chi connectivity index (χ1) is 10.8. The maximum atomic E-state index is 12.5. The molecule has 2 aromatic carbocycles. The van der Waals surface area contributed by atoms with Gasteiger partial charge in [-0.3, -0.25) is 4.79 Å². The molecule has 4 unspecified atom stereocenters. The Morgan fingerprint density at radius 2 is 1.95 bits per heavy atom. The molecule has 2 nitrogen and oxygen atoms in total. The molecule has 0 aromatic heterocycles. The minimum atomic E-state index is 0.0462. The second kappa shape index (κ2) is 5.51. The molecule has 2 aliphatic rings. The minimum Gasteiger partial charge on any atom is -0.374 e.